The Hall–Kier alpha value is -2.29. The second-order valence-corrected chi connectivity index (χ2v) is 4.93. The van der Waals surface area contributed by atoms with Crippen LogP contribution in [-0.2, 0) is 6.61 Å². The molecule has 104 valence electrons. The van der Waals surface area contributed by atoms with Crippen LogP contribution >= 0.6 is 0 Å². The van der Waals surface area contributed by atoms with Crippen molar-refractivity contribution in [1.29, 1.82) is 0 Å². The molecule has 0 saturated carbocycles. The molecule has 0 radical (unpaired) electrons. The summed E-state index contributed by atoms with van der Waals surface area (Å²) in [5.41, 5.74) is 2.93. The van der Waals surface area contributed by atoms with Crippen molar-refractivity contribution in [2.45, 2.75) is 13.5 Å². The Balaban J connectivity index is 2.01. The minimum Gasteiger partial charge on any atom is -0.489 e. The molecule has 0 fully saturated rings. The number of rotatable bonds is 5. The van der Waals surface area contributed by atoms with Crippen molar-refractivity contribution in [2.75, 3.05) is 19.0 Å². The maximum Gasteiger partial charge on any atom is 0.159 e. The van der Waals surface area contributed by atoms with Crippen molar-refractivity contribution in [1.82, 2.24) is 0 Å². The largest absolute Gasteiger partial charge is 0.489 e. The summed E-state index contributed by atoms with van der Waals surface area (Å²) in [5.74, 6) is 0.764. The van der Waals surface area contributed by atoms with E-state index in [-0.39, 0.29) is 5.78 Å². The second-order valence-electron chi connectivity index (χ2n) is 4.93. The minimum absolute atomic E-state index is 0.0470. The first-order chi connectivity index (χ1) is 9.56. The fraction of sp³-hybridized carbons (Fsp3) is 0.235. The Bertz CT molecular complexity index is 588. The van der Waals surface area contributed by atoms with Crippen LogP contribution in [-0.4, -0.2) is 19.9 Å². The smallest absolute Gasteiger partial charge is 0.159 e. The number of ketones is 1. The molecule has 20 heavy (non-hydrogen) atoms. The first-order valence-electron chi connectivity index (χ1n) is 6.56. The number of ether oxygens (including phenoxy) is 1. The molecule has 0 N–H and O–H groups in total. The molecule has 0 saturated heterocycles. The van der Waals surface area contributed by atoms with Gasteiger partial charge in [0.1, 0.15) is 12.4 Å². The van der Waals surface area contributed by atoms with Gasteiger partial charge in [-0.1, -0.05) is 24.3 Å². The van der Waals surface area contributed by atoms with E-state index in [0.29, 0.717) is 12.2 Å². The Morgan fingerprint density at radius 3 is 2.40 bits per heavy atom. The third-order valence-electron chi connectivity index (χ3n) is 3.10. The van der Waals surface area contributed by atoms with E-state index in [1.807, 2.05) is 38.4 Å². The Morgan fingerprint density at radius 2 is 1.80 bits per heavy atom. The molecule has 2 aromatic rings. The zero-order valence-electron chi connectivity index (χ0n) is 12.1. The van der Waals surface area contributed by atoms with Crippen LogP contribution in [0.5, 0.6) is 5.75 Å². The lowest BCUT2D eigenvalue weighted by Gasteiger charge is -2.13. The van der Waals surface area contributed by atoms with E-state index in [0.717, 1.165) is 17.0 Å². The fourth-order valence-corrected chi connectivity index (χ4v) is 1.86. The van der Waals surface area contributed by atoms with Crippen LogP contribution in [0.15, 0.2) is 48.5 Å². The molecule has 3 nitrogen and oxygen atoms in total. The van der Waals surface area contributed by atoms with Gasteiger partial charge in [0.2, 0.25) is 0 Å². The van der Waals surface area contributed by atoms with Crippen LogP contribution in [0.25, 0.3) is 0 Å². The van der Waals surface area contributed by atoms with E-state index < -0.39 is 0 Å². The van der Waals surface area contributed by atoms with E-state index in [1.165, 1.54) is 0 Å². The summed E-state index contributed by atoms with van der Waals surface area (Å²) in [6.45, 7) is 2.05. The molecule has 2 rings (SSSR count). The quantitative estimate of drug-likeness (QED) is 0.778. The second kappa shape index (κ2) is 6.24. The monoisotopic (exact) mass is 269 g/mol. The molecule has 0 aliphatic carbocycles. The molecule has 2 aromatic carbocycles. The van der Waals surface area contributed by atoms with E-state index in [1.54, 1.807) is 19.1 Å². The van der Waals surface area contributed by atoms with Crippen molar-refractivity contribution in [3.63, 3.8) is 0 Å². The SMILES string of the molecule is CC(=O)c1cccc(OCc2ccc(N(C)C)cc2)c1. The molecule has 0 aliphatic rings. The summed E-state index contributed by atoms with van der Waals surface area (Å²) >= 11 is 0. The Kier molecular flexibility index (Phi) is 4.41. The highest BCUT2D eigenvalue weighted by Gasteiger charge is 2.02. The van der Waals surface area contributed by atoms with Crippen molar-refractivity contribution in [3.05, 3.63) is 59.7 Å². The zero-order chi connectivity index (χ0) is 14.5. The van der Waals surface area contributed by atoms with Gasteiger partial charge in [-0.05, 0) is 36.8 Å². The molecule has 0 bridgehead atoms. The van der Waals surface area contributed by atoms with Gasteiger partial charge < -0.3 is 9.64 Å². The first-order valence-corrected chi connectivity index (χ1v) is 6.56. The van der Waals surface area contributed by atoms with Gasteiger partial charge in [0.25, 0.3) is 0 Å². The van der Waals surface area contributed by atoms with Crippen molar-refractivity contribution in [3.8, 4) is 5.75 Å². The van der Waals surface area contributed by atoms with Gasteiger partial charge >= 0.3 is 0 Å². The summed E-state index contributed by atoms with van der Waals surface area (Å²) in [6, 6.07) is 15.5. The zero-order valence-corrected chi connectivity index (χ0v) is 12.1. The van der Waals surface area contributed by atoms with E-state index in [4.69, 9.17) is 4.74 Å². The highest BCUT2D eigenvalue weighted by atomic mass is 16.5. The Labute approximate surface area is 119 Å². The standard InChI is InChI=1S/C17H19NO2/c1-13(19)15-5-4-6-17(11-15)20-12-14-7-9-16(10-8-14)18(2)3/h4-11H,12H2,1-3H3. The molecule has 0 heterocycles. The maximum absolute atomic E-state index is 11.3. The van der Waals surface area contributed by atoms with Crippen LogP contribution < -0.4 is 9.64 Å². The van der Waals surface area contributed by atoms with Gasteiger partial charge in [-0.3, -0.25) is 4.79 Å². The molecule has 0 amide bonds. The topological polar surface area (TPSA) is 29.5 Å². The van der Waals surface area contributed by atoms with Crippen LogP contribution in [0.3, 0.4) is 0 Å². The normalized spacial score (nSPS) is 10.2. The summed E-state index contributed by atoms with van der Waals surface area (Å²) in [7, 11) is 4.03. The molecule has 0 unspecified atom stereocenters. The van der Waals surface area contributed by atoms with Crippen LogP contribution in [0.1, 0.15) is 22.8 Å². The van der Waals surface area contributed by atoms with Gasteiger partial charge in [-0.15, -0.1) is 0 Å². The number of anilines is 1. The average molecular weight is 269 g/mol. The van der Waals surface area contributed by atoms with E-state index in [2.05, 4.69) is 17.0 Å². The van der Waals surface area contributed by atoms with Gasteiger partial charge in [-0.25, -0.2) is 0 Å². The minimum atomic E-state index is 0.0470. The summed E-state index contributed by atoms with van der Waals surface area (Å²) in [5, 5.41) is 0. The van der Waals surface area contributed by atoms with Gasteiger partial charge in [0.05, 0.1) is 0 Å². The number of benzene rings is 2. The summed E-state index contributed by atoms with van der Waals surface area (Å²) in [6.07, 6.45) is 0. The van der Waals surface area contributed by atoms with Gasteiger partial charge in [0, 0.05) is 25.3 Å². The van der Waals surface area contributed by atoms with Crippen molar-refractivity contribution < 1.29 is 9.53 Å². The molecule has 0 atom stereocenters. The lowest BCUT2D eigenvalue weighted by molar-refractivity contribution is 0.101. The lowest BCUT2D eigenvalue weighted by atomic mass is 10.1. The molecule has 0 aliphatic heterocycles. The Morgan fingerprint density at radius 1 is 1.10 bits per heavy atom. The fourth-order valence-electron chi connectivity index (χ4n) is 1.86. The number of nitrogens with zero attached hydrogens (tertiary/aromatic N) is 1. The number of Topliss-reactive ketones (excluding diaryl/α,β-unsaturated/α-hetero) is 1. The maximum atomic E-state index is 11.3. The average Bonchev–Trinajstić information content (AvgIpc) is 2.46. The summed E-state index contributed by atoms with van der Waals surface area (Å²) < 4.78 is 5.72. The van der Waals surface area contributed by atoms with Crippen LogP contribution in [0.4, 0.5) is 5.69 Å². The van der Waals surface area contributed by atoms with Crippen molar-refractivity contribution >= 4 is 11.5 Å². The highest BCUT2D eigenvalue weighted by molar-refractivity contribution is 5.94. The van der Waals surface area contributed by atoms with Gasteiger partial charge in [0.15, 0.2) is 5.78 Å². The molecular formula is C17H19NO2. The molecular weight excluding hydrogens is 250 g/mol. The molecule has 3 heteroatoms. The van der Waals surface area contributed by atoms with Gasteiger partial charge in [-0.2, -0.15) is 0 Å². The first kappa shape index (κ1) is 14.1. The predicted octanol–water partition coefficient (Wildman–Crippen LogP) is 3.53. The van der Waals surface area contributed by atoms with E-state index in [9.17, 15) is 4.79 Å². The number of carbonyl (C=O) groups is 1. The van der Waals surface area contributed by atoms with Crippen LogP contribution in [0, 0.1) is 0 Å². The van der Waals surface area contributed by atoms with E-state index >= 15 is 0 Å². The number of carbonyl (C=O) groups excluding carboxylic acids is 1. The van der Waals surface area contributed by atoms with Crippen LogP contribution in [0.2, 0.25) is 0 Å². The number of hydrogen-bond acceptors (Lipinski definition) is 3. The molecule has 0 spiro atoms. The van der Waals surface area contributed by atoms with Crippen molar-refractivity contribution in [2.24, 2.45) is 0 Å². The molecule has 0 aromatic heterocycles. The third-order valence-corrected chi connectivity index (χ3v) is 3.10. The third kappa shape index (κ3) is 3.60. The predicted molar refractivity (Wildman–Crippen MR) is 81.5 cm³/mol. The summed E-state index contributed by atoms with van der Waals surface area (Å²) in [4.78, 5) is 13.4. The lowest BCUT2D eigenvalue weighted by Crippen LogP contribution is -2.08. The number of hydrogen-bond donors (Lipinski definition) is 0. The highest BCUT2D eigenvalue weighted by Crippen LogP contribution is 2.17.